The van der Waals surface area contributed by atoms with E-state index in [1.165, 1.54) is 0 Å². The topological polar surface area (TPSA) is 73.2 Å². The number of rotatable bonds is 4. The Kier molecular flexibility index (Phi) is 3.30. The number of nitrogens with zero attached hydrogens (tertiary/aromatic N) is 2. The summed E-state index contributed by atoms with van der Waals surface area (Å²) >= 11 is 0. The summed E-state index contributed by atoms with van der Waals surface area (Å²) in [5.41, 5.74) is -0.744. The fourth-order valence-electron chi connectivity index (χ4n) is 1.77. The predicted molar refractivity (Wildman–Crippen MR) is 53.8 cm³/mol. The van der Waals surface area contributed by atoms with E-state index < -0.39 is 5.54 Å². The molecule has 82 valence electrons. The molecule has 1 N–H and O–H groups in total. The molecule has 15 heavy (non-hydrogen) atoms. The summed E-state index contributed by atoms with van der Waals surface area (Å²) in [5, 5.41) is 11.1. The number of carbonyl (C=O) groups excluding carboxylic acids is 2. The molecule has 5 heteroatoms. The van der Waals surface area contributed by atoms with E-state index in [1.54, 1.807) is 0 Å². The molecule has 0 unspecified atom stereocenters. The Morgan fingerprint density at radius 2 is 2.00 bits per heavy atom. The first-order valence-corrected chi connectivity index (χ1v) is 5.12. The fourth-order valence-corrected chi connectivity index (χ4v) is 1.77. The number of amides is 3. The fraction of sp³-hybridized carbons (Fsp3) is 0.700. The second-order valence-corrected chi connectivity index (χ2v) is 3.58. The van der Waals surface area contributed by atoms with Gasteiger partial charge in [-0.05, 0) is 12.8 Å². The van der Waals surface area contributed by atoms with Crippen molar-refractivity contribution in [2.24, 2.45) is 0 Å². The smallest absolute Gasteiger partial charge is 0.323 e. The summed E-state index contributed by atoms with van der Waals surface area (Å²) in [5.74, 6) is -0.201. The van der Waals surface area contributed by atoms with Crippen molar-refractivity contribution < 1.29 is 9.59 Å². The van der Waals surface area contributed by atoms with Crippen LogP contribution in [0.3, 0.4) is 0 Å². The van der Waals surface area contributed by atoms with E-state index in [1.807, 2.05) is 19.9 Å². The third-order valence-corrected chi connectivity index (χ3v) is 2.90. The summed E-state index contributed by atoms with van der Waals surface area (Å²) in [6.45, 7) is 3.92. The van der Waals surface area contributed by atoms with Crippen LogP contribution in [0, 0.1) is 11.3 Å². The highest BCUT2D eigenvalue weighted by Crippen LogP contribution is 2.24. The molecule has 0 atom stereocenters. The normalized spacial score (nSPS) is 18.9. The van der Waals surface area contributed by atoms with Gasteiger partial charge in [-0.1, -0.05) is 13.8 Å². The van der Waals surface area contributed by atoms with Crippen LogP contribution in [0.15, 0.2) is 0 Å². The van der Waals surface area contributed by atoms with Crippen LogP contribution in [0.1, 0.15) is 33.1 Å². The number of nitriles is 1. The molecule has 5 nitrogen and oxygen atoms in total. The zero-order valence-electron chi connectivity index (χ0n) is 9.04. The zero-order valence-corrected chi connectivity index (χ0v) is 9.04. The van der Waals surface area contributed by atoms with E-state index in [-0.39, 0.29) is 24.9 Å². The molecular formula is C10H15N3O2. The molecular weight excluding hydrogens is 194 g/mol. The van der Waals surface area contributed by atoms with E-state index in [0.717, 1.165) is 4.90 Å². The maximum absolute atomic E-state index is 11.9. The monoisotopic (exact) mass is 209 g/mol. The number of hydrogen-bond donors (Lipinski definition) is 1. The van der Waals surface area contributed by atoms with Crippen LogP contribution in [0.4, 0.5) is 4.79 Å². The van der Waals surface area contributed by atoms with Gasteiger partial charge in [-0.2, -0.15) is 5.26 Å². The number of imide groups is 1. The molecule has 1 aliphatic rings. The highest BCUT2D eigenvalue weighted by Gasteiger charge is 2.48. The molecule has 0 saturated carbocycles. The van der Waals surface area contributed by atoms with E-state index in [2.05, 4.69) is 5.32 Å². The Morgan fingerprint density at radius 1 is 1.40 bits per heavy atom. The summed E-state index contributed by atoms with van der Waals surface area (Å²) < 4.78 is 0. The molecule has 0 aromatic rings. The summed E-state index contributed by atoms with van der Waals surface area (Å²) in [6.07, 6.45) is 1.34. The summed E-state index contributed by atoms with van der Waals surface area (Å²) in [7, 11) is 0. The van der Waals surface area contributed by atoms with Crippen LogP contribution in [-0.2, 0) is 4.79 Å². The van der Waals surface area contributed by atoms with Crippen molar-refractivity contribution in [3.63, 3.8) is 0 Å². The largest absolute Gasteiger partial charge is 0.325 e. The van der Waals surface area contributed by atoms with Gasteiger partial charge in [-0.25, -0.2) is 4.79 Å². The van der Waals surface area contributed by atoms with Crippen LogP contribution < -0.4 is 5.32 Å². The Hall–Kier alpha value is -1.57. The van der Waals surface area contributed by atoms with Crippen molar-refractivity contribution in [1.29, 1.82) is 5.26 Å². The number of hydrogen-bond acceptors (Lipinski definition) is 3. The lowest BCUT2D eigenvalue weighted by molar-refractivity contribution is -0.131. The Morgan fingerprint density at radius 3 is 2.40 bits per heavy atom. The summed E-state index contributed by atoms with van der Waals surface area (Å²) in [6, 6.07) is 1.55. The molecule has 1 rings (SSSR count). The molecule has 0 aliphatic carbocycles. The second-order valence-electron chi connectivity index (χ2n) is 3.58. The lowest BCUT2D eigenvalue weighted by Gasteiger charge is -2.22. The lowest BCUT2D eigenvalue weighted by atomic mass is 9.93. The minimum Gasteiger partial charge on any atom is -0.323 e. The van der Waals surface area contributed by atoms with Gasteiger partial charge in [0.2, 0.25) is 0 Å². The summed E-state index contributed by atoms with van der Waals surface area (Å²) in [4.78, 5) is 24.6. The molecule has 0 radical (unpaired) electrons. The van der Waals surface area contributed by atoms with Crippen molar-refractivity contribution in [3.05, 3.63) is 0 Å². The van der Waals surface area contributed by atoms with Crippen LogP contribution >= 0.6 is 0 Å². The maximum atomic E-state index is 11.9. The molecule has 3 amide bonds. The van der Waals surface area contributed by atoms with E-state index in [0.29, 0.717) is 12.8 Å². The minimum atomic E-state index is -0.744. The first-order chi connectivity index (χ1) is 7.11. The molecule has 0 aromatic carbocycles. The average Bonchev–Trinajstić information content (AvgIpc) is 2.49. The van der Waals surface area contributed by atoms with Gasteiger partial charge in [0.05, 0.1) is 12.5 Å². The van der Waals surface area contributed by atoms with Crippen molar-refractivity contribution in [1.82, 2.24) is 10.2 Å². The maximum Gasteiger partial charge on any atom is 0.325 e. The van der Waals surface area contributed by atoms with Gasteiger partial charge in [0.25, 0.3) is 5.91 Å². The molecule has 1 aliphatic heterocycles. The van der Waals surface area contributed by atoms with Gasteiger partial charge in [0.15, 0.2) is 0 Å². The van der Waals surface area contributed by atoms with Crippen LogP contribution in [0.5, 0.6) is 0 Å². The van der Waals surface area contributed by atoms with Crippen molar-refractivity contribution in [3.8, 4) is 6.07 Å². The van der Waals surface area contributed by atoms with Gasteiger partial charge < -0.3 is 5.32 Å². The SMILES string of the molecule is CCC1(CC)NC(=O)N(CCC#N)C1=O. The van der Waals surface area contributed by atoms with Gasteiger partial charge in [-0.3, -0.25) is 9.69 Å². The molecule has 0 bridgehead atoms. The Balaban J connectivity index is 2.83. The van der Waals surface area contributed by atoms with Gasteiger partial charge >= 0.3 is 6.03 Å². The van der Waals surface area contributed by atoms with Crippen molar-refractivity contribution >= 4 is 11.9 Å². The zero-order chi connectivity index (χ0) is 11.5. The van der Waals surface area contributed by atoms with Gasteiger partial charge in [-0.15, -0.1) is 0 Å². The quantitative estimate of drug-likeness (QED) is 0.702. The molecule has 1 fully saturated rings. The first kappa shape index (κ1) is 11.5. The lowest BCUT2D eigenvalue weighted by Crippen LogP contribution is -2.45. The second kappa shape index (κ2) is 4.30. The van der Waals surface area contributed by atoms with E-state index in [9.17, 15) is 9.59 Å². The highest BCUT2D eigenvalue weighted by molar-refractivity contribution is 6.06. The number of nitrogens with one attached hydrogen (secondary N) is 1. The van der Waals surface area contributed by atoms with Crippen LogP contribution in [0.2, 0.25) is 0 Å². The van der Waals surface area contributed by atoms with Gasteiger partial charge in [0.1, 0.15) is 5.54 Å². The highest BCUT2D eigenvalue weighted by atomic mass is 16.2. The van der Waals surface area contributed by atoms with Crippen molar-refractivity contribution in [2.45, 2.75) is 38.6 Å². The van der Waals surface area contributed by atoms with Crippen LogP contribution in [-0.4, -0.2) is 28.9 Å². The number of carbonyl (C=O) groups is 2. The third-order valence-electron chi connectivity index (χ3n) is 2.90. The van der Waals surface area contributed by atoms with E-state index >= 15 is 0 Å². The van der Waals surface area contributed by atoms with Gasteiger partial charge in [0, 0.05) is 6.54 Å². The standard InChI is InChI=1S/C10H15N3O2/c1-3-10(4-2)8(14)13(7-5-6-11)9(15)12-10/h3-5,7H2,1-2H3,(H,12,15). The molecule has 1 saturated heterocycles. The predicted octanol–water partition coefficient (Wildman–Crippen LogP) is 1.01. The molecule has 0 aromatic heterocycles. The molecule has 1 heterocycles. The van der Waals surface area contributed by atoms with E-state index in [4.69, 9.17) is 5.26 Å². The minimum absolute atomic E-state index is 0.183. The molecule has 0 spiro atoms. The van der Waals surface area contributed by atoms with Crippen molar-refractivity contribution in [2.75, 3.05) is 6.54 Å². The number of urea groups is 1. The van der Waals surface area contributed by atoms with Crippen LogP contribution in [0.25, 0.3) is 0 Å². The average molecular weight is 209 g/mol. The Labute approximate surface area is 89.0 Å². The Bertz CT molecular complexity index is 315. The third kappa shape index (κ3) is 1.80. The first-order valence-electron chi connectivity index (χ1n) is 5.12.